The first-order valence-corrected chi connectivity index (χ1v) is 13.0. The van der Waals surface area contributed by atoms with Gasteiger partial charge in [0.25, 0.3) is 23.6 Å². The summed E-state index contributed by atoms with van der Waals surface area (Å²) in [5.41, 5.74) is -3.06. The number of carbonyl (C=O) groups excluding carboxylic acids is 7. The van der Waals surface area contributed by atoms with Crippen LogP contribution in [-0.4, -0.2) is 77.5 Å². The smallest absolute Gasteiger partial charge is 0.326 e. The van der Waals surface area contributed by atoms with Crippen molar-refractivity contribution in [2.24, 2.45) is 21.7 Å². The van der Waals surface area contributed by atoms with Crippen molar-refractivity contribution >= 4 is 41.4 Å². The van der Waals surface area contributed by atoms with E-state index in [1.54, 1.807) is 62.3 Å². The lowest BCUT2D eigenvalue weighted by molar-refractivity contribution is -0.164. The molecule has 0 fully saturated rings. The molecule has 0 N–H and O–H groups in total. The second-order valence-corrected chi connectivity index (χ2v) is 13.5. The fourth-order valence-electron chi connectivity index (χ4n) is 4.30. The van der Waals surface area contributed by atoms with Crippen molar-refractivity contribution in [3.05, 3.63) is 23.3 Å². The van der Waals surface area contributed by atoms with Crippen LogP contribution < -0.4 is 0 Å². The predicted octanol–water partition coefficient (Wildman–Crippen LogP) is 2.38. The number of hydrogen-bond acceptors (Lipinski definition) is 9. The maximum atomic E-state index is 13.3. The van der Waals surface area contributed by atoms with Gasteiger partial charge in [-0.15, -0.1) is 0 Å². The lowest BCUT2D eigenvalue weighted by Crippen LogP contribution is -2.46. The molecule has 0 aromatic carbocycles. The molecule has 11 nitrogen and oxygen atoms in total. The SMILES string of the molecule is CC(C)(C)C(=O)C(C)(COC(=O)CN1C(=O)C=C(C(C)(C)C)C1=O)COC(=O)CN1C(=O)C=C(C(C)(C)C)C1=O. The van der Waals surface area contributed by atoms with Crippen molar-refractivity contribution < 1.29 is 43.0 Å². The standard InChI is InChI=1S/C29H40N2O9/c1-26(2,3)17-11-19(32)30(23(17)36)13-21(34)39-15-29(10,25(38)28(7,8)9)16-40-22(35)14-31-20(33)12-18(24(31)37)27(4,5)6/h11-12H,13-16H2,1-10H3. The van der Waals surface area contributed by atoms with Gasteiger partial charge in [0.05, 0.1) is 5.41 Å². The lowest BCUT2D eigenvalue weighted by atomic mass is 9.74. The van der Waals surface area contributed by atoms with E-state index in [2.05, 4.69) is 0 Å². The number of rotatable bonds is 9. The van der Waals surface area contributed by atoms with Crippen molar-refractivity contribution in [2.75, 3.05) is 26.3 Å². The number of Topliss-reactive ketones (excluding diaryl/α,β-unsaturated/α-hetero) is 1. The number of carbonyl (C=O) groups is 7. The zero-order chi connectivity index (χ0) is 31.0. The average molecular weight is 561 g/mol. The number of hydrogen-bond donors (Lipinski definition) is 0. The van der Waals surface area contributed by atoms with Gasteiger partial charge in [-0.25, -0.2) is 0 Å². The molecule has 0 spiro atoms. The van der Waals surface area contributed by atoms with Gasteiger partial charge in [0, 0.05) is 28.7 Å². The van der Waals surface area contributed by atoms with E-state index in [9.17, 15) is 33.6 Å². The van der Waals surface area contributed by atoms with Gasteiger partial charge in [-0.3, -0.25) is 43.4 Å². The van der Waals surface area contributed by atoms with Crippen molar-refractivity contribution in [1.29, 1.82) is 0 Å². The molecule has 0 saturated carbocycles. The first-order valence-electron chi connectivity index (χ1n) is 13.0. The van der Waals surface area contributed by atoms with Crippen molar-refractivity contribution in [3.8, 4) is 0 Å². The van der Waals surface area contributed by atoms with Gasteiger partial charge in [0.15, 0.2) is 5.78 Å². The summed E-state index contributed by atoms with van der Waals surface area (Å²) < 4.78 is 10.6. The minimum Gasteiger partial charge on any atom is -0.463 e. The molecular weight excluding hydrogens is 520 g/mol. The first-order chi connectivity index (χ1) is 18.0. The zero-order valence-corrected chi connectivity index (χ0v) is 25.1. The molecule has 220 valence electrons. The molecular formula is C29H40N2O9. The van der Waals surface area contributed by atoms with Crippen LogP contribution in [0.1, 0.15) is 69.2 Å². The normalized spacial score (nSPS) is 16.9. The molecule has 2 aliphatic rings. The average Bonchev–Trinajstić information content (AvgIpc) is 3.25. The van der Waals surface area contributed by atoms with Gasteiger partial charge in [-0.1, -0.05) is 62.3 Å². The van der Waals surface area contributed by atoms with Crippen LogP contribution in [0.4, 0.5) is 0 Å². The van der Waals surface area contributed by atoms with Crippen LogP contribution in [0.5, 0.6) is 0 Å². The van der Waals surface area contributed by atoms with E-state index in [1.165, 1.54) is 19.1 Å². The van der Waals surface area contributed by atoms with E-state index >= 15 is 0 Å². The Balaban J connectivity index is 2.07. The zero-order valence-electron chi connectivity index (χ0n) is 25.1. The first kappa shape index (κ1) is 32.6. The molecule has 0 aliphatic carbocycles. The molecule has 2 heterocycles. The number of ketones is 1. The van der Waals surface area contributed by atoms with Gasteiger partial charge >= 0.3 is 11.9 Å². The van der Waals surface area contributed by atoms with Crippen LogP contribution in [0.3, 0.4) is 0 Å². The highest BCUT2D eigenvalue weighted by Crippen LogP contribution is 2.33. The number of esters is 2. The maximum Gasteiger partial charge on any atom is 0.326 e. The summed E-state index contributed by atoms with van der Waals surface area (Å²) in [6.07, 6.45) is 2.39. The quantitative estimate of drug-likeness (QED) is 0.306. The van der Waals surface area contributed by atoms with Crippen molar-refractivity contribution in [1.82, 2.24) is 9.80 Å². The Labute approximate surface area is 234 Å². The Bertz CT molecular complexity index is 1130. The third kappa shape index (κ3) is 7.31. The maximum absolute atomic E-state index is 13.3. The third-order valence-electron chi connectivity index (χ3n) is 6.54. The molecule has 4 amide bonds. The van der Waals surface area contributed by atoms with Crippen LogP contribution in [0.15, 0.2) is 23.3 Å². The molecule has 2 aliphatic heterocycles. The van der Waals surface area contributed by atoms with E-state index in [0.29, 0.717) is 0 Å². The molecule has 0 aromatic heterocycles. The Morgan fingerprint density at radius 1 is 0.625 bits per heavy atom. The monoisotopic (exact) mass is 560 g/mol. The molecule has 0 aromatic rings. The van der Waals surface area contributed by atoms with E-state index < -0.39 is 83.5 Å². The van der Waals surface area contributed by atoms with E-state index in [1.807, 2.05) is 0 Å². The largest absolute Gasteiger partial charge is 0.463 e. The topological polar surface area (TPSA) is 144 Å². The second-order valence-electron chi connectivity index (χ2n) is 13.5. The summed E-state index contributed by atoms with van der Waals surface area (Å²) in [5.74, 6) is -4.67. The Hall–Kier alpha value is -3.63. The van der Waals surface area contributed by atoms with Gasteiger partial charge in [-0.2, -0.15) is 0 Å². The van der Waals surface area contributed by atoms with Gasteiger partial charge in [0.2, 0.25) is 0 Å². The molecule has 11 heteroatoms. The molecule has 0 saturated heterocycles. The number of ether oxygens (including phenoxy) is 2. The number of nitrogens with zero attached hydrogens (tertiary/aromatic N) is 2. The summed E-state index contributed by atoms with van der Waals surface area (Å²) in [4.78, 5) is 90.0. The molecule has 40 heavy (non-hydrogen) atoms. The van der Waals surface area contributed by atoms with Crippen LogP contribution in [0.25, 0.3) is 0 Å². The summed E-state index contributed by atoms with van der Waals surface area (Å²) in [5, 5.41) is 0. The Kier molecular flexibility index (Phi) is 9.04. The number of imide groups is 2. The molecule has 0 unspecified atom stereocenters. The van der Waals surface area contributed by atoms with Crippen LogP contribution in [0, 0.1) is 21.7 Å². The minimum atomic E-state index is -1.49. The highest BCUT2D eigenvalue weighted by molar-refractivity contribution is 6.18. The second kappa shape index (κ2) is 11.1. The van der Waals surface area contributed by atoms with Crippen molar-refractivity contribution in [2.45, 2.75) is 69.2 Å². The van der Waals surface area contributed by atoms with Gasteiger partial charge < -0.3 is 9.47 Å². The molecule has 2 rings (SSSR count). The Morgan fingerprint density at radius 3 is 1.20 bits per heavy atom. The minimum absolute atomic E-state index is 0.268. The molecule has 0 bridgehead atoms. The summed E-state index contributed by atoms with van der Waals surface area (Å²) in [6.45, 7) is 14.8. The van der Waals surface area contributed by atoms with Crippen LogP contribution in [0.2, 0.25) is 0 Å². The van der Waals surface area contributed by atoms with E-state index in [0.717, 1.165) is 9.80 Å². The van der Waals surface area contributed by atoms with Crippen molar-refractivity contribution in [3.63, 3.8) is 0 Å². The summed E-state index contributed by atoms with van der Waals surface area (Å²) in [7, 11) is 0. The van der Waals surface area contributed by atoms with E-state index in [4.69, 9.17) is 9.47 Å². The fourth-order valence-corrected chi connectivity index (χ4v) is 4.30. The summed E-state index contributed by atoms with van der Waals surface area (Å²) >= 11 is 0. The van der Waals surface area contributed by atoms with Gasteiger partial charge in [0.1, 0.15) is 26.3 Å². The van der Waals surface area contributed by atoms with Crippen LogP contribution in [-0.2, 0) is 43.0 Å². The van der Waals surface area contributed by atoms with E-state index in [-0.39, 0.29) is 16.9 Å². The fraction of sp³-hybridized carbons (Fsp3) is 0.621. The van der Waals surface area contributed by atoms with Crippen LogP contribution >= 0.6 is 0 Å². The molecule has 0 radical (unpaired) electrons. The highest BCUT2D eigenvalue weighted by atomic mass is 16.5. The predicted molar refractivity (Wildman–Crippen MR) is 143 cm³/mol. The highest BCUT2D eigenvalue weighted by Gasteiger charge is 2.44. The third-order valence-corrected chi connectivity index (χ3v) is 6.54. The molecule has 0 atom stereocenters. The lowest BCUT2D eigenvalue weighted by Gasteiger charge is -2.33. The summed E-state index contributed by atoms with van der Waals surface area (Å²) in [6, 6.07) is 0. The van der Waals surface area contributed by atoms with Gasteiger partial charge in [-0.05, 0) is 17.8 Å². The number of amides is 4. The Morgan fingerprint density at radius 2 is 0.950 bits per heavy atom.